The van der Waals surface area contributed by atoms with Gasteiger partial charge in [0, 0.05) is 46.3 Å². The van der Waals surface area contributed by atoms with Crippen molar-refractivity contribution in [1.29, 1.82) is 0 Å². The molecule has 0 unspecified atom stereocenters. The SMILES string of the molecule is CCNC(=NCCc1cccc(C(=O)N(C)C)c1)N(C)Cc1ccc(Cl)c(Cl)c1. The molecule has 0 radical (unpaired) electrons. The maximum Gasteiger partial charge on any atom is 0.253 e. The van der Waals surface area contributed by atoms with Gasteiger partial charge in [-0.25, -0.2) is 0 Å². The van der Waals surface area contributed by atoms with E-state index in [4.69, 9.17) is 28.2 Å². The molecule has 2 aromatic rings. The predicted octanol–water partition coefficient (Wildman–Crippen LogP) is 4.34. The molecule has 0 saturated heterocycles. The molecule has 156 valence electrons. The number of rotatable bonds is 7. The second-order valence-corrected chi connectivity index (χ2v) is 7.80. The van der Waals surface area contributed by atoms with Gasteiger partial charge in [0.1, 0.15) is 0 Å². The zero-order chi connectivity index (χ0) is 21.4. The highest BCUT2D eigenvalue weighted by Crippen LogP contribution is 2.23. The van der Waals surface area contributed by atoms with E-state index in [0.29, 0.717) is 28.7 Å². The number of nitrogens with zero attached hydrogens (tertiary/aromatic N) is 3. The Kier molecular flexibility index (Phi) is 8.80. The number of amides is 1. The summed E-state index contributed by atoms with van der Waals surface area (Å²) in [5.74, 6) is 0.823. The summed E-state index contributed by atoms with van der Waals surface area (Å²) in [4.78, 5) is 20.5. The quantitative estimate of drug-likeness (QED) is 0.520. The molecular formula is C22H28Cl2N4O. The van der Waals surface area contributed by atoms with Crippen molar-refractivity contribution in [2.45, 2.75) is 19.9 Å². The fourth-order valence-electron chi connectivity index (χ4n) is 2.87. The Morgan fingerprint density at radius 1 is 1.03 bits per heavy atom. The molecule has 0 saturated carbocycles. The number of guanidine groups is 1. The fourth-order valence-corrected chi connectivity index (χ4v) is 3.19. The van der Waals surface area contributed by atoms with Gasteiger partial charge in [0.2, 0.25) is 0 Å². The highest BCUT2D eigenvalue weighted by molar-refractivity contribution is 6.42. The molecule has 0 aliphatic heterocycles. The lowest BCUT2D eigenvalue weighted by Gasteiger charge is -2.22. The largest absolute Gasteiger partial charge is 0.357 e. The van der Waals surface area contributed by atoms with Crippen molar-refractivity contribution in [3.8, 4) is 0 Å². The molecule has 0 aromatic heterocycles. The van der Waals surface area contributed by atoms with Crippen LogP contribution in [0.2, 0.25) is 10.0 Å². The Hall–Kier alpha value is -2.24. The monoisotopic (exact) mass is 434 g/mol. The first-order valence-corrected chi connectivity index (χ1v) is 10.3. The number of benzene rings is 2. The lowest BCUT2D eigenvalue weighted by atomic mass is 10.1. The average molecular weight is 435 g/mol. The van der Waals surface area contributed by atoms with Crippen LogP contribution in [0.5, 0.6) is 0 Å². The van der Waals surface area contributed by atoms with Crippen molar-refractivity contribution in [3.63, 3.8) is 0 Å². The summed E-state index contributed by atoms with van der Waals surface area (Å²) in [5, 5.41) is 4.41. The van der Waals surface area contributed by atoms with E-state index in [-0.39, 0.29) is 5.91 Å². The summed E-state index contributed by atoms with van der Waals surface area (Å²) in [5.41, 5.74) is 2.84. The Labute approximate surface area is 183 Å². The minimum atomic E-state index is 0.00467. The molecule has 0 aliphatic carbocycles. The lowest BCUT2D eigenvalue weighted by molar-refractivity contribution is 0.0827. The highest BCUT2D eigenvalue weighted by atomic mass is 35.5. The Morgan fingerprint density at radius 2 is 1.79 bits per heavy atom. The van der Waals surface area contributed by atoms with Gasteiger partial charge in [-0.3, -0.25) is 9.79 Å². The molecule has 0 fully saturated rings. The number of nitrogens with one attached hydrogen (secondary N) is 1. The molecule has 0 heterocycles. The molecule has 5 nitrogen and oxygen atoms in total. The second kappa shape index (κ2) is 11.1. The molecule has 0 atom stereocenters. The summed E-state index contributed by atoms with van der Waals surface area (Å²) < 4.78 is 0. The maximum atomic E-state index is 12.1. The number of aliphatic imine (C=N–C) groups is 1. The third kappa shape index (κ3) is 6.94. The third-order valence-corrected chi connectivity index (χ3v) is 5.08. The van der Waals surface area contributed by atoms with Crippen LogP contribution in [-0.2, 0) is 13.0 Å². The topological polar surface area (TPSA) is 47.9 Å². The van der Waals surface area contributed by atoms with E-state index in [1.165, 1.54) is 0 Å². The number of hydrogen-bond acceptors (Lipinski definition) is 2. The summed E-state index contributed by atoms with van der Waals surface area (Å²) in [6, 6.07) is 13.3. The summed E-state index contributed by atoms with van der Waals surface area (Å²) >= 11 is 12.1. The minimum Gasteiger partial charge on any atom is -0.357 e. The Morgan fingerprint density at radius 3 is 2.45 bits per heavy atom. The van der Waals surface area contributed by atoms with Gasteiger partial charge in [-0.15, -0.1) is 0 Å². The zero-order valence-electron chi connectivity index (χ0n) is 17.4. The van der Waals surface area contributed by atoms with Crippen LogP contribution in [0.1, 0.15) is 28.4 Å². The Balaban J connectivity index is 2.04. The molecule has 0 aliphatic rings. The summed E-state index contributed by atoms with van der Waals surface area (Å²) in [6.45, 7) is 4.10. The van der Waals surface area contributed by atoms with Gasteiger partial charge in [0.25, 0.3) is 5.91 Å². The first-order valence-electron chi connectivity index (χ1n) is 9.55. The van der Waals surface area contributed by atoms with Crippen LogP contribution < -0.4 is 5.32 Å². The molecule has 0 spiro atoms. The number of carbonyl (C=O) groups excluding carboxylic acids is 1. The predicted molar refractivity (Wildman–Crippen MR) is 122 cm³/mol. The van der Waals surface area contributed by atoms with E-state index < -0.39 is 0 Å². The van der Waals surface area contributed by atoms with Crippen LogP contribution in [-0.4, -0.2) is 55.9 Å². The van der Waals surface area contributed by atoms with Gasteiger partial charge in [-0.2, -0.15) is 0 Å². The second-order valence-electron chi connectivity index (χ2n) is 6.99. The van der Waals surface area contributed by atoms with Crippen LogP contribution in [0.3, 0.4) is 0 Å². The van der Waals surface area contributed by atoms with Crippen LogP contribution in [0.15, 0.2) is 47.5 Å². The average Bonchev–Trinajstić information content (AvgIpc) is 2.69. The molecule has 29 heavy (non-hydrogen) atoms. The first-order chi connectivity index (χ1) is 13.8. The van der Waals surface area contributed by atoms with Crippen molar-refractivity contribution in [1.82, 2.24) is 15.1 Å². The number of halogens is 2. The first kappa shape index (κ1) is 23.0. The van der Waals surface area contributed by atoms with Gasteiger partial charge in [-0.1, -0.05) is 41.4 Å². The lowest BCUT2D eigenvalue weighted by Crippen LogP contribution is -2.38. The molecule has 0 bridgehead atoms. The molecule has 2 aromatic carbocycles. The summed E-state index contributed by atoms with van der Waals surface area (Å²) in [6.07, 6.45) is 0.754. The highest BCUT2D eigenvalue weighted by Gasteiger charge is 2.10. The van der Waals surface area contributed by atoms with Crippen molar-refractivity contribution >= 4 is 35.1 Å². The van der Waals surface area contributed by atoms with E-state index in [0.717, 1.165) is 30.1 Å². The normalized spacial score (nSPS) is 11.3. The van der Waals surface area contributed by atoms with E-state index in [1.807, 2.05) is 50.4 Å². The van der Waals surface area contributed by atoms with Gasteiger partial charge < -0.3 is 15.1 Å². The molecule has 1 N–H and O–H groups in total. The number of carbonyl (C=O) groups is 1. The van der Waals surface area contributed by atoms with Gasteiger partial charge in [0.05, 0.1) is 10.0 Å². The van der Waals surface area contributed by atoms with E-state index in [2.05, 4.69) is 10.2 Å². The van der Waals surface area contributed by atoms with E-state index in [9.17, 15) is 4.79 Å². The van der Waals surface area contributed by atoms with Crippen LogP contribution in [0.4, 0.5) is 0 Å². The smallest absolute Gasteiger partial charge is 0.253 e. The van der Waals surface area contributed by atoms with Crippen molar-refractivity contribution in [2.24, 2.45) is 4.99 Å². The minimum absolute atomic E-state index is 0.00467. The molecule has 1 amide bonds. The summed E-state index contributed by atoms with van der Waals surface area (Å²) in [7, 11) is 5.50. The van der Waals surface area contributed by atoms with Crippen molar-refractivity contribution < 1.29 is 4.79 Å². The van der Waals surface area contributed by atoms with E-state index in [1.54, 1.807) is 25.1 Å². The van der Waals surface area contributed by atoms with Gasteiger partial charge in [-0.05, 0) is 48.7 Å². The molecular weight excluding hydrogens is 407 g/mol. The number of hydrogen-bond donors (Lipinski definition) is 1. The van der Waals surface area contributed by atoms with E-state index >= 15 is 0 Å². The Bertz CT molecular complexity index is 868. The maximum absolute atomic E-state index is 12.1. The van der Waals surface area contributed by atoms with Crippen LogP contribution in [0, 0.1) is 0 Å². The molecule has 2 rings (SSSR count). The standard InChI is InChI=1S/C22H28Cl2N4O/c1-5-25-22(28(4)15-17-9-10-19(23)20(24)14-17)26-12-11-16-7-6-8-18(13-16)21(29)27(2)3/h6-10,13-14H,5,11-12,15H2,1-4H3,(H,25,26). The molecule has 7 heteroatoms. The van der Waals surface area contributed by atoms with Crippen molar-refractivity contribution in [2.75, 3.05) is 34.2 Å². The van der Waals surface area contributed by atoms with Gasteiger partial charge >= 0.3 is 0 Å². The fraction of sp³-hybridized carbons (Fsp3) is 0.364. The van der Waals surface area contributed by atoms with Gasteiger partial charge in [0.15, 0.2) is 5.96 Å². The zero-order valence-corrected chi connectivity index (χ0v) is 18.9. The third-order valence-electron chi connectivity index (χ3n) is 4.34. The van der Waals surface area contributed by atoms with Crippen LogP contribution >= 0.6 is 23.2 Å². The van der Waals surface area contributed by atoms with Crippen LogP contribution in [0.25, 0.3) is 0 Å². The van der Waals surface area contributed by atoms with Crippen molar-refractivity contribution in [3.05, 3.63) is 69.2 Å².